The maximum atomic E-state index is 2.57. The molecule has 0 unspecified atom stereocenters. The molecule has 0 fully saturated rings. The summed E-state index contributed by atoms with van der Waals surface area (Å²) in [5, 5.41) is 0. The molecule has 0 bridgehead atoms. The van der Waals surface area contributed by atoms with Gasteiger partial charge in [0.05, 0.1) is 0 Å². The molecular formula is C68H57BN2. The van der Waals surface area contributed by atoms with Crippen LogP contribution in [0.1, 0.15) is 52.7 Å². The van der Waals surface area contributed by atoms with E-state index in [1.54, 1.807) is 0 Å². The smallest absolute Gasteiger partial charge is 0.252 e. The lowest BCUT2D eigenvalue weighted by Gasteiger charge is -2.45. The van der Waals surface area contributed by atoms with Crippen molar-refractivity contribution in [3.8, 4) is 55.6 Å². The van der Waals surface area contributed by atoms with E-state index in [1.807, 2.05) is 0 Å². The van der Waals surface area contributed by atoms with Gasteiger partial charge in [-0.2, -0.15) is 0 Å². The van der Waals surface area contributed by atoms with E-state index in [-0.39, 0.29) is 17.5 Å². The Hall–Kier alpha value is -8.14. The molecule has 0 radical (unpaired) electrons. The molecule has 2 nitrogen and oxygen atoms in total. The summed E-state index contributed by atoms with van der Waals surface area (Å²) in [5.74, 6) is 0. The van der Waals surface area contributed by atoms with Gasteiger partial charge in [0.2, 0.25) is 0 Å². The molecule has 10 aromatic rings. The number of benzene rings is 10. The van der Waals surface area contributed by atoms with Gasteiger partial charge in [0.25, 0.3) is 6.71 Å². The summed E-state index contributed by atoms with van der Waals surface area (Å²) in [5.41, 5.74) is 25.5. The van der Waals surface area contributed by atoms with Gasteiger partial charge in [-0.15, -0.1) is 0 Å². The Morgan fingerprint density at radius 2 is 0.648 bits per heavy atom. The first-order chi connectivity index (χ1) is 34.5. The van der Waals surface area contributed by atoms with Crippen LogP contribution in [0.15, 0.2) is 237 Å². The molecular weight excluding hydrogens is 856 g/mol. The van der Waals surface area contributed by atoms with Gasteiger partial charge >= 0.3 is 0 Å². The van der Waals surface area contributed by atoms with E-state index in [0.717, 1.165) is 16.9 Å². The van der Waals surface area contributed by atoms with Gasteiger partial charge in [0, 0.05) is 34.1 Å². The highest BCUT2D eigenvalue weighted by molar-refractivity contribution is 7.00. The number of hydrogen-bond donors (Lipinski definition) is 0. The number of nitrogens with zero attached hydrogens (tertiary/aromatic N) is 2. The lowest BCUT2D eigenvalue weighted by molar-refractivity contribution is 0.590. The summed E-state index contributed by atoms with van der Waals surface area (Å²) in [6.07, 6.45) is 0. The van der Waals surface area contributed by atoms with E-state index in [2.05, 4.69) is 288 Å². The average molecular weight is 913 g/mol. The van der Waals surface area contributed by atoms with E-state index in [4.69, 9.17) is 0 Å². The Kier molecular flexibility index (Phi) is 10.8. The molecule has 71 heavy (non-hydrogen) atoms. The van der Waals surface area contributed by atoms with Crippen molar-refractivity contribution in [1.29, 1.82) is 0 Å². The summed E-state index contributed by atoms with van der Waals surface area (Å²) in [4.78, 5) is 5.13. The molecule has 0 spiro atoms. The first kappa shape index (κ1) is 44.1. The van der Waals surface area contributed by atoms with Crippen molar-refractivity contribution in [2.45, 2.75) is 52.4 Å². The van der Waals surface area contributed by atoms with Crippen molar-refractivity contribution >= 4 is 57.2 Å². The number of rotatable bonds is 7. The summed E-state index contributed by atoms with van der Waals surface area (Å²) in [7, 11) is 0. The zero-order valence-corrected chi connectivity index (χ0v) is 41.5. The first-order valence-electron chi connectivity index (χ1n) is 25.1. The van der Waals surface area contributed by atoms with Gasteiger partial charge < -0.3 is 9.80 Å². The van der Waals surface area contributed by atoms with Crippen LogP contribution in [0.5, 0.6) is 0 Å². The fourth-order valence-electron chi connectivity index (χ4n) is 11.1. The Bertz CT molecular complexity index is 3340. The molecule has 342 valence electrons. The summed E-state index contributed by atoms with van der Waals surface area (Å²) >= 11 is 0. The summed E-state index contributed by atoms with van der Waals surface area (Å²) in [6, 6.07) is 88.2. The monoisotopic (exact) mass is 912 g/mol. The molecule has 0 N–H and O–H groups in total. The number of fused-ring (bicyclic) bond motifs is 4. The van der Waals surface area contributed by atoms with Crippen LogP contribution < -0.4 is 26.2 Å². The maximum absolute atomic E-state index is 2.57. The summed E-state index contributed by atoms with van der Waals surface area (Å²) in [6.45, 7) is 14.0. The van der Waals surface area contributed by atoms with E-state index >= 15 is 0 Å². The topological polar surface area (TPSA) is 6.48 Å². The van der Waals surface area contributed by atoms with E-state index in [1.165, 1.54) is 100 Å². The van der Waals surface area contributed by atoms with Crippen LogP contribution in [0, 0.1) is 0 Å². The van der Waals surface area contributed by atoms with Gasteiger partial charge in [-0.25, -0.2) is 0 Å². The average Bonchev–Trinajstić information content (AvgIpc) is 3.41. The van der Waals surface area contributed by atoms with Crippen LogP contribution >= 0.6 is 0 Å². The molecule has 2 aliphatic heterocycles. The quantitative estimate of drug-likeness (QED) is 0.147. The van der Waals surface area contributed by atoms with E-state index < -0.39 is 0 Å². The molecule has 2 aliphatic rings. The fourth-order valence-corrected chi connectivity index (χ4v) is 11.1. The lowest BCUT2D eigenvalue weighted by atomic mass is 9.33. The molecule has 0 amide bonds. The van der Waals surface area contributed by atoms with Crippen molar-refractivity contribution in [3.63, 3.8) is 0 Å². The van der Waals surface area contributed by atoms with Gasteiger partial charge in [0.1, 0.15) is 0 Å². The third kappa shape index (κ3) is 7.87. The fraction of sp³-hybridized carbons (Fsp3) is 0.118. The first-order valence-corrected chi connectivity index (χ1v) is 25.1. The normalized spacial score (nSPS) is 12.8. The lowest BCUT2D eigenvalue weighted by Crippen LogP contribution is -2.61. The molecule has 3 heteroatoms. The third-order valence-electron chi connectivity index (χ3n) is 14.8. The Balaban J connectivity index is 1.20. The van der Waals surface area contributed by atoms with Crippen molar-refractivity contribution in [2.24, 2.45) is 0 Å². The predicted octanol–water partition coefficient (Wildman–Crippen LogP) is 16.7. The zero-order valence-electron chi connectivity index (χ0n) is 41.5. The minimum Gasteiger partial charge on any atom is -0.311 e. The minimum absolute atomic E-state index is 0.0405. The number of anilines is 6. The molecule has 0 atom stereocenters. The SMILES string of the molecule is CC(C)(C)c1ccc2c(c1)B1c3cc(C(C)(C)C)ccc3N(c3ccc(-c4ccccc4)cc3)c3cc(-c4c(-c5ccccc5)cccc4-c4ccccc4)cc(c31)N2c1ccc(-c2ccccc2)cc1. The molecule has 0 aliphatic carbocycles. The van der Waals surface area contributed by atoms with Gasteiger partial charge in [-0.05, 0) is 143 Å². The van der Waals surface area contributed by atoms with Crippen molar-refractivity contribution in [3.05, 3.63) is 248 Å². The third-order valence-corrected chi connectivity index (χ3v) is 14.8. The second-order valence-corrected chi connectivity index (χ2v) is 21.4. The van der Waals surface area contributed by atoms with E-state index in [9.17, 15) is 0 Å². The highest BCUT2D eigenvalue weighted by Gasteiger charge is 2.45. The highest BCUT2D eigenvalue weighted by atomic mass is 15.2. The molecule has 10 aromatic carbocycles. The minimum atomic E-state index is -0.0591. The van der Waals surface area contributed by atoms with Gasteiger partial charge in [-0.3, -0.25) is 0 Å². The Labute approximate surface area is 420 Å². The van der Waals surface area contributed by atoms with E-state index in [0.29, 0.717) is 0 Å². The predicted molar refractivity (Wildman–Crippen MR) is 305 cm³/mol. The van der Waals surface area contributed by atoms with Crippen LogP contribution in [0.2, 0.25) is 0 Å². The van der Waals surface area contributed by atoms with Gasteiger partial charge in [-0.1, -0.05) is 230 Å². The molecule has 0 saturated carbocycles. The zero-order chi connectivity index (χ0) is 48.4. The molecule has 0 aromatic heterocycles. The Morgan fingerprint density at radius 3 is 1.01 bits per heavy atom. The molecule has 12 rings (SSSR count). The summed E-state index contributed by atoms with van der Waals surface area (Å²) < 4.78 is 0. The van der Waals surface area contributed by atoms with Gasteiger partial charge in [0.15, 0.2) is 0 Å². The standard InChI is InChI=1S/C68H57BN2/c1-67(2,3)53-34-40-61-59(44-53)69-60-45-54(68(4,5)6)35-41-62(60)71(56-38-32-49(33-39-56)47-22-13-8-14-23-47)64-43-52(42-63(66(64)69)70(61)55-36-30-48(31-37-55)46-20-11-7-12-21-46)65-57(50-24-15-9-16-25-50)28-19-29-58(65)51-26-17-10-18-27-51/h7-45H,1-6H3. The van der Waals surface area contributed by atoms with Crippen LogP contribution in [-0.4, -0.2) is 6.71 Å². The second-order valence-electron chi connectivity index (χ2n) is 21.4. The van der Waals surface area contributed by atoms with Crippen LogP contribution in [0.3, 0.4) is 0 Å². The largest absolute Gasteiger partial charge is 0.311 e. The van der Waals surface area contributed by atoms with Crippen molar-refractivity contribution in [2.75, 3.05) is 9.80 Å². The van der Waals surface area contributed by atoms with Crippen molar-refractivity contribution in [1.82, 2.24) is 0 Å². The molecule has 2 heterocycles. The number of hydrogen-bond acceptors (Lipinski definition) is 2. The van der Waals surface area contributed by atoms with Crippen LogP contribution in [-0.2, 0) is 10.8 Å². The molecule has 0 saturated heterocycles. The highest BCUT2D eigenvalue weighted by Crippen LogP contribution is 2.50. The second kappa shape index (κ2) is 17.4. The van der Waals surface area contributed by atoms with Crippen LogP contribution in [0.4, 0.5) is 34.1 Å². The Morgan fingerprint density at radius 1 is 0.296 bits per heavy atom. The van der Waals surface area contributed by atoms with Crippen molar-refractivity contribution < 1.29 is 0 Å². The van der Waals surface area contributed by atoms with Crippen LogP contribution in [0.25, 0.3) is 55.6 Å². The maximum Gasteiger partial charge on any atom is 0.252 e.